The van der Waals surface area contributed by atoms with E-state index in [2.05, 4.69) is 0 Å². The van der Waals surface area contributed by atoms with Crippen LogP contribution in [0.15, 0.2) is 0 Å². The second-order valence-electron chi connectivity index (χ2n) is 6.71. The Balaban J connectivity index is 2.43. The molecule has 0 bridgehead atoms. The van der Waals surface area contributed by atoms with Crippen LogP contribution in [0.4, 0.5) is 0 Å². The van der Waals surface area contributed by atoms with Crippen molar-refractivity contribution in [3.05, 3.63) is 0 Å². The standard InChI is InChI=1S/C17H31NO7S/c1-2-11-25-12-14(19)8-9-16-18(15(20)13-26(16,23)24)10-6-4-3-5-7-17(21)22/h14,16,19H,2-13H2,1H3,(H,21,22). The summed E-state index contributed by atoms with van der Waals surface area (Å²) in [5, 5.41) is 17.6. The number of nitrogens with zero attached hydrogens (tertiary/aromatic N) is 1. The van der Waals surface area contributed by atoms with Crippen molar-refractivity contribution in [2.75, 3.05) is 25.5 Å². The van der Waals surface area contributed by atoms with E-state index in [0.29, 0.717) is 26.0 Å². The molecule has 9 heteroatoms. The number of aliphatic hydroxyl groups excluding tert-OH is 1. The van der Waals surface area contributed by atoms with E-state index in [-0.39, 0.29) is 25.9 Å². The number of hydrogen-bond donors (Lipinski definition) is 2. The van der Waals surface area contributed by atoms with Crippen LogP contribution in [0.5, 0.6) is 0 Å². The highest BCUT2D eigenvalue weighted by Gasteiger charge is 2.43. The molecule has 2 atom stereocenters. The van der Waals surface area contributed by atoms with Crippen LogP contribution in [-0.4, -0.2) is 72.4 Å². The summed E-state index contributed by atoms with van der Waals surface area (Å²) in [6.45, 7) is 3.02. The Morgan fingerprint density at radius 1 is 1.31 bits per heavy atom. The van der Waals surface area contributed by atoms with Gasteiger partial charge in [0.2, 0.25) is 5.91 Å². The summed E-state index contributed by atoms with van der Waals surface area (Å²) < 4.78 is 29.7. The van der Waals surface area contributed by atoms with Gasteiger partial charge in [-0.15, -0.1) is 0 Å². The molecule has 0 aromatic rings. The van der Waals surface area contributed by atoms with Crippen molar-refractivity contribution in [3.8, 4) is 0 Å². The number of hydrogen-bond acceptors (Lipinski definition) is 6. The Labute approximate surface area is 155 Å². The number of carbonyl (C=O) groups is 2. The molecule has 1 heterocycles. The first-order valence-electron chi connectivity index (χ1n) is 9.26. The van der Waals surface area contributed by atoms with Crippen LogP contribution in [0.25, 0.3) is 0 Å². The first kappa shape index (κ1) is 22.9. The van der Waals surface area contributed by atoms with Gasteiger partial charge < -0.3 is 19.8 Å². The van der Waals surface area contributed by atoms with Crippen LogP contribution in [0.1, 0.15) is 58.3 Å². The monoisotopic (exact) mass is 393 g/mol. The number of carboxylic acid groups (broad SMARTS) is 1. The molecule has 1 saturated heterocycles. The quantitative estimate of drug-likeness (QED) is 0.425. The molecule has 1 amide bonds. The average molecular weight is 394 g/mol. The molecule has 1 aliphatic rings. The van der Waals surface area contributed by atoms with Gasteiger partial charge in [-0.25, -0.2) is 8.42 Å². The number of carboxylic acids is 1. The summed E-state index contributed by atoms with van der Waals surface area (Å²) >= 11 is 0. The molecule has 0 spiro atoms. The van der Waals surface area contributed by atoms with Gasteiger partial charge in [0.1, 0.15) is 11.1 Å². The van der Waals surface area contributed by atoms with Gasteiger partial charge in [0, 0.05) is 19.6 Å². The van der Waals surface area contributed by atoms with Gasteiger partial charge in [-0.3, -0.25) is 9.59 Å². The highest BCUT2D eigenvalue weighted by atomic mass is 32.2. The summed E-state index contributed by atoms with van der Waals surface area (Å²) in [6, 6.07) is 0. The van der Waals surface area contributed by atoms with Gasteiger partial charge >= 0.3 is 5.97 Å². The topological polar surface area (TPSA) is 121 Å². The minimum absolute atomic E-state index is 0.123. The fraction of sp³-hybridized carbons (Fsp3) is 0.882. The molecule has 1 fully saturated rings. The minimum Gasteiger partial charge on any atom is -0.481 e. The van der Waals surface area contributed by atoms with Crippen molar-refractivity contribution in [1.29, 1.82) is 0 Å². The third-order valence-corrected chi connectivity index (χ3v) is 6.32. The molecule has 2 unspecified atom stereocenters. The smallest absolute Gasteiger partial charge is 0.303 e. The average Bonchev–Trinajstić information content (AvgIpc) is 2.77. The largest absolute Gasteiger partial charge is 0.481 e. The van der Waals surface area contributed by atoms with Crippen molar-refractivity contribution in [2.24, 2.45) is 0 Å². The first-order chi connectivity index (χ1) is 12.3. The Bertz CT molecular complexity index is 549. The molecular formula is C17H31NO7S. The van der Waals surface area contributed by atoms with Crippen LogP contribution in [0, 0.1) is 0 Å². The number of amides is 1. The Hall–Kier alpha value is -1.19. The van der Waals surface area contributed by atoms with E-state index in [4.69, 9.17) is 9.84 Å². The number of unbranched alkanes of at least 4 members (excludes halogenated alkanes) is 3. The Morgan fingerprint density at radius 2 is 2.00 bits per heavy atom. The van der Waals surface area contributed by atoms with Crippen LogP contribution in [0.2, 0.25) is 0 Å². The fourth-order valence-electron chi connectivity index (χ4n) is 3.00. The predicted molar refractivity (Wildman–Crippen MR) is 96.4 cm³/mol. The van der Waals surface area contributed by atoms with E-state index in [0.717, 1.165) is 19.3 Å². The third-order valence-electron chi connectivity index (χ3n) is 4.35. The molecule has 0 radical (unpaired) electrons. The number of rotatable bonds is 14. The van der Waals surface area contributed by atoms with Gasteiger partial charge in [-0.1, -0.05) is 19.8 Å². The molecule has 152 valence electrons. The molecular weight excluding hydrogens is 362 g/mol. The lowest BCUT2D eigenvalue weighted by atomic mass is 10.1. The highest BCUT2D eigenvalue weighted by molar-refractivity contribution is 7.93. The zero-order valence-corrected chi connectivity index (χ0v) is 16.2. The van der Waals surface area contributed by atoms with Crippen LogP contribution in [0.3, 0.4) is 0 Å². The normalized spacial score (nSPS) is 20.5. The number of carbonyl (C=O) groups excluding carboxylic acids is 1. The fourth-order valence-corrected chi connectivity index (χ4v) is 4.81. The summed E-state index contributed by atoms with van der Waals surface area (Å²) in [5.74, 6) is -1.69. The second-order valence-corrected chi connectivity index (χ2v) is 8.87. The molecule has 0 aromatic carbocycles. The van der Waals surface area contributed by atoms with E-state index in [9.17, 15) is 23.1 Å². The molecule has 2 N–H and O–H groups in total. The number of aliphatic hydroxyl groups is 1. The lowest BCUT2D eigenvalue weighted by Gasteiger charge is -2.24. The maximum absolute atomic E-state index is 12.2. The molecule has 1 aliphatic heterocycles. The molecule has 0 saturated carbocycles. The summed E-state index contributed by atoms with van der Waals surface area (Å²) in [4.78, 5) is 23.9. The summed E-state index contributed by atoms with van der Waals surface area (Å²) in [5.41, 5.74) is 0. The maximum Gasteiger partial charge on any atom is 0.303 e. The zero-order chi connectivity index (χ0) is 19.6. The van der Waals surface area contributed by atoms with E-state index in [1.54, 1.807) is 0 Å². The molecule has 0 aliphatic carbocycles. The molecule has 8 nitrogen and oxygen atoms in total. The summed E-state index contributed by atoms with van der Waals surface area (Å²) in [6.07, 6.45) is 3.38. The molecule has 0 aromatic heterocycles. The third kappa shape index (κ3) is 8.01. The van der Waals surface area contributed by atoms with Crippen LogP contribution >= 0.6 is 0 Å². The van der Waals surface area contributed by atoms with E-state index in [1.165, 1.54) is 4.90 Å². The van der Waals surface area contributed by atoms with Crippen LogP contribution in [-0.2, 0) is 24.2 Å². The van der Waals surface area contributed by atoms with E-state index >= 15 is 0 Å². The lowest BCUT2D eigenvalue weighted by Crippen LogP contribution is -2.37. The molecule has 26 heavy (non-hydrogen) atoms. The second kappa shape index (κ2) is 11.5. The number of ether oxygens (including phenoxy) is 1. The first-order valence-corrected chi connectivity index (χ1v) is 11.0. The highest BCUT2D eigenvalue weighted by Crippen LogP contribution is 2.24. The SMILES string of the molecule is CCCOCC(O)CCC1N(CCCCCCC(=O)O)C(=O)CS1(=O)=O. The van der Waals surface area contributed by atoms with Gasteiger partial charge in [-0.2, -0.15) is 0 Å². The number of aliphatic carboxylic acids is 1. The van der Waals surface area contributed by atoms with Gasteiger partial charge in [0.15, 0.2) is 9.84 Å². The summed E-state index contributed by atoms with van der Waals surface area (Å²) in [7, 11) is -3.52. The predicted octanol–water partition coefficient (Wildman–Crippen LogP) is 1.17. The van der Waals surface area contributed by atoms with Crippen LogP contribution < -0.4 is 0 Å². The lowest BCUT2D eigenvalue weighted by molar-refractivity contribution is -0.137. The van der Waals surface area contributed by atoms with Gasteiger partial charge in [-0.05, 0) is 32.1 Å². The maximum atomic E-state index is 12.2. The van der Waals surface area contributed by atoms with Crippen molar-refractivity contribution in [3.63, 3.8) is 0 Å². The van der Waals surface area contributed by atoms with E-state index < -0.39 is 38.9 Å². The zero-order valence-electron chi connectivity index (χ0n) is 15.4. The van der Waals surface area contributed by atoms with Crippen molar-refractivity contribution >= 4 is 21.7 Å². The minimum atomic E-state index is -3.52. The number of sulfone groups is 1. The Kier molecular flexibility index (Phi) is 10.1. The van der Waals surface area contributed by atoms with Crippen molar-refractivity contribution < 1.29 is 33.0 Å². The molecule has 1 rings (SSSR count). The van der Waals surface area contributed by atoms with Crippen molar-refractivity contribution in [1.82, 2.24) is 4.90 Å². The Morgan fingerprint density at radius 3 is 2.65 bits per heavy atom. The van der Waals surface area contributed by atoms with Gasteiger partial charge in [0.25, 0.3) is 0 Å². The van der Waals surface area contributed by atoms with Crippen molar-refractivity contribution in [2.45, 2.75) is 69.8 Å². The van der Waals surface area contributed by atoms with Gasteiger partial charge in [0.05, 0.1) is 12.7 Å². The van der Waals surface area contributed by atoms with E-state index in [1.807, 2.05) is 6.92 Å².